The summed E-state index contributed by atoms with van der Waals surface area (Å²) in [6, 6.07) is 19.5. The number of hydrazone groups is 1. The summed E-state index contributed by atoms with van der Waals surface area (Å²) in [7, 11) is 0. The van der Waals surface area contributed by atoms with Crippen molar-refractivity contribution in [3.8, 4) is 0 Å². The highest BCUT2D eigenvalue weighted by molar-refractivity contribution is 6.20. The van der Waals surface area contributed by atoms with Crippen LogP contribution in [0.2, 0.25) is 0 Å². The van der Waals surface area contributed by atoms with Crippen LogP contribution >= 0.6 is 0 Å². The second-order valence-electron chi connectivity index (χ2n) is 8.36. The minimum Gasteiger partial charge on any atom is -0.265 e. The van der Waals surface area contributed by atoms with Gasteiger partial charge in [0, 0.05) is 17.7 Å². The Balaban J connectivity index is 1.75. The predicted molar refractivity (Wildman–Crippen MR) is 118 cm³/mol. The Kier molecular flexibility index (Phi) is 5.01. The average molecular weight is 383 g/mol. The second-order valence-corrected chi connectivity index (χ2v) is 8.36. The zero-order valence-corrected chi connectivity index (χ0v) is 17.1. The van der Waals surface area contributed by atoms with Crippen LogP contribution in [0.1, 0.15) is 44.7 Å². The fraction of sp³-hybridized carbons (Fsp3) is 0.240. The number of amidine groups is 1. The third-order valence-corrected chi connectivity index (χ3v) is 4.99. The van der Waals surface area contributed by atoms with Gasteiger partial charge in [0.05, 0.1) is 0 Å². The van der Waals surface area contributed by atoms with Crippen LogP contribution in [-0.2, 0) is 4.79 Å². The minimum atomic E-state index is -0.190. The Bertz CT molecular complexity index is 1040. The molecule has 2 aromatic rings. The Morgan fingerprint density at radius 2 is 1.69 bits per heavy atom. The minimum absolute atomic E-state index is 0.0384. The molecule has 4 nitrogen and oxygen atoms in total. The zero-order valence-electron chi connectivity index (χ0n) is 17.1. The molecule has 0 radical (unpaired) electrons. The van der Waals surface area contributed by atoms with E-state index in [0.717, 1.165) is 29.7 Å². The number of aliphatic imine (C=N–C) groups is 1. The van der Waals surface area contributed by atoms with Crippen molar-refractivity contribution in [2.45, 2.75) is 33.6 Å². The van der Waals surface area contributed by atoms with Gasteiger partial charge in [0.15, 0.2) is 5.84 Å². The molecule has 1 amide bonds. The lowest BCUT2D eigenvalue weighted by Gasteiger charge is -2.28. The molecule has 1 heterocycles. The highest BCUT2D eigenvalue weighted by Crippen LogP contribution is 2.32. The van der Waals surface area contributed by atoms with Gasteiger partial charge in [-0.3, -0.25) is 4.79 Å². The summed E-state index contributed by atoms with van der Waals surface area (Å²) in [4.78, 5) is 17.9. The molecule has 2 aliphatic rings. The van der Waals surface area contributed by atoms with Crippen molar-refractivity contribution in [1.82, 2.24) is 5.01 Å². The van der Waals surface area contributed by atoms with Crippen molar-refractivity contribution in [3.63, 3.8) is 0 Å². The maximum Gasteiger partial charge on any atom is 0.298 e. The van der Waals surface area contributed by atoms with E-state index >= 15 is 0 Å². The van der Waals surface area contributed by atoms with E-state index in [2.05, 4.69) is 31.8 Å². The van der Waals surface area contributed by atoms with Crippen molar-refractivity contribution < 1.29 is 4.79 Å². The molecule has 4 rings (SSSR count). The van der Waals surface area contributed by atoms with E-state index in [-0.39, 0.29) is 11.3 Å². The molecule has 1 aliphatic heterocycles. The molecule has 0 saturated carbocycles. The monoisotopic (exact) mass is 383 g/mol. The highest BCUT2D eigenvalue weighted by atomic mass is 16.2. The van der Waals surface area contributed by atoms with Gasteiger partial charge in [0.25, 0.3) is 5.91 Å². The average Bonchev–Trinajstić information content (AvgIpc) is 2.97. The molecule has 0 atom stereocenters. The largest absolute Gasteiger partial charge is 0.298 e. The standard InChI is InChI=1S/C25H25N3O/c1-18-14-21(17-25(2,3)16-18)27-28-23(20-12-8-5-9-13-20)26-22(24(28)29)15-19-10-6-4-7-11-19/h4-13,15-16H,14,17H2,1-3H3/b22-15+,27-21-. The summed E-state index contributed by atoms with van der Waals surface area (Å²) in [6.45, 7) is 6.52. The van der Waals surface area contributed by atoms with E-state index in [0.29, 0.717) is 11.5 Å². The second kappa shape index (κ2) is 7.63. The van der Waals surface area contributed by atoms with Crippen molar-refractivity contribution >= 4 is 23.5 Å². The molecule has 146 valence electrons. The molecule has 4 heteroatoms. The molecule has 2 aromatic carbocycles. The van der Waals surface area contributed by atoms with Crippen LogP contribution in [0, 0.1) is 5.41 Å². The van der Waals surface area contributed by atoms with Crippen LogP contribution < -0.4 is 0 Å². The predicted octanol–water partition coefficient (Wildman–Crippen LogP) is 5.44. The van der Waals surface area contributed by atoms with Gasteiger partial charge >= 0.3 is 0 Å². The van der Waals surface area contributed by atoms with E-state index in [1.54, 1.807) is 0 Å². The Labute approximate surface area is 172 Å². The summed E-state index contributed by atoms with van der Waals surface area (Å²) >= 11 is 0. The number of rotatable bonds is 3. The third kappa shape index (κ3) is 4.27. The number of nitrogens with zero attached hydrogens (tertiary/aromatic N) is 3. The van der Waals surface area contributed by atoms with Crippen LogP contribution in [-0.4, -0.2) is 22.5 Å². The SMILES string of the molecule is CC1=CC(C)(C)C/C(=N\N2C(=O)/C(=C\c3ccccc3)N=C2c2ccccc2)C1. The Hall–Kier alpha value is -3.27. The Morgan fingerprint density at radius 1 is 1.03 bits per heavy atom. The first-order valence-electron chi connectivity index (χ1n) is 9.91. The molecule has 0 unspecified atom stereocenters. The molecule has 0 aromatic heterocycles. The number of allylic oxidation sites excluding steroid dienone is 2. The van der Waals surface area contributed by atoms with Gasteiger partial charge in [0.2, 0.25) is 0 Å². The lowest BCUT2D eigenvalue weighted by Crippen LogP contribution is -2.31. The molecule has 0 bridgehead atoms. The molecular formula is C25H25N3O. The number of amides is 1. The summed E-state index contributed by atoms with van der Waals surface area (Å²) in [6.07, 6.45) is 5.73. The van der Waals surface area contributed by atoms with Crippen LogP contribution in [0.15, 0.2) is 88.1 Å². The number of hydrogen-bond donors (Lipinski definition) is 0. The van der Waals surface area contributed by atoms with E-state index in [9.17, 15) is 4.79 Å². The summed E-state index contributed by atoms with van der Waals surface area (Å²) in [5.41, 5.74) is 4.55. The van der Waals surface area contributed by atoms with Gasteiger partial charge in [-0.25, -0.2) is 4.99 Å². The molecule has 0 N–H and O–H groups in total. The van der Waals surface area contributed by atoms with E-state index < -0.39 is 0 Å². The van der Waals surface area contributed by atoms with Gasteiger partial charge in [0.1, 0.15) is 5.70 Å². The molecule has 0 fully saturated rings. The van der Waals surface area contributed by atoms with E-state index in [1.807, 2.05) is 66.7 Å². The van der Waals surface area contributed by atoms with Crippen LogP contribution in [0.4, 0.5) is 0 Å². The lowest BCUT2D eigenvalue weighted by molar-refractivity contribution is -0.122. The van der Waals surface area contributed by atoms with E-state index in [4.69, 9.17) is 5.10 Å². The van der Waals surface area contributed by atoms with Gasteiger partial charge < -0.3 is 0 Å². The van der Waals surface area contributed by atoms with Gasteiger partial charge in [-0.15, -0.1) is 0 Å². The third-order valence-electron chi connectivity index (χ3n) is 4.99. The summed E-state index contributed by atoms with van der Waals surface area (Å²) in [5.74, 6) is 0.389. The van der Waals surface area contributed by atoms with Crippen molar-refractivity contribution in [3.05, 3.63) is 89.1 Å². The molecule has 0 saturated heterocycles. The first-order valence-corrected chi connectivity index (χ1v) is 9.91. The zero-order chi connectivity index (χ0) is 20.4. The van der Waals surface area contributed by atoms with Crippen LogP contribution in [0.5, 0.6) is 0 Å². The molecule has 1 aliphatic carbocycles. The fourth-order valence-corrected chi connectivity index (χ4v) is 3.97. The topological polar surface area (TPSA) is 45.0 Å². The molecule has 0 spiro atoms. The quantitative estimate of drug-likeness (QED) is 0.514. The highest BCUT2D eigenvalue weighted by Gasteiger charge is 2.33. The summed E-state index contributed by atoms with van der Waals surface area (Å²) in [5, 5.41) is 6.28. The van der Waals surface area contributed by atoms with Crippen molar-refractivity contribution in [2.24, 2.45) is 15.5 Å². The maximum absolute atomic E-state index is 13.2. The molecule has 29 heavy (non-hydrogen) atoms. The van der Waals surface area contributed by atoms with Crippen LogP contribution in [0.3, 0.4) is 0 Å². The summed E-state index contributed by atoms with van der Waals surface area (Å²) < 4.78 is 0. The number of hydrogen-bond acceptors (Lipinski definition) is 3. The van der Waals surface area contributed by atoms with Crippen molar-refractivity contribution in [1.29, 1.82) is 0 Å². The lowest BCUT2D eigenvalue weighted by atomic mass is 9.79. The maximum atomic E-state index is 13.2. The van der Waals surface area contributed by atoms with Gasteiger partial charge in [-0.05, 0) is 30.4 Å². The van der Waals surface area contributed by atoms with Gasteiger partial charge in [-0.2, -0.15) is 10.1 Å². The van der Waals surface area contributed by atoms with Crippen LogP contribution in [0.25, 0.3) is 6.08 Å². The Morgan fingerprint density at radius 3 is 2.34 bits per heavy atom. The van der Waals surface area contributed by atoms with Crippen molar-refractivity contribution in [2.75, 3.05) is 0 Å². The normalized spacial score (nSPS) is 21.5. The van der Waals surface area contributed by atoms with E-state index in [1.165, 1.54) is 10.6 Å². The smallest absolute Gasteiger partial charge is 0.265 e. The number of benzene rings is 2. The number of carbonyl (C=O) groups excluding carboxylic acids is 1. The first kappa shape index (κ1) is 19.1. The fourth-order valence-electron chi connectivity index (χ4n) is 3.97. The molecular weight excluding hydrogens is 358 g/mol. The number of carbonyl (C=O) groups is 1. The van der Waals surface area contributed by atoms with Gasteiger partial charge in [-0.1, -0.05) is 86.2 Å². The first-order chi connectivity index (χ1) is 13.9.